The molecule has 0 aromatic carbocycles. The van der Waals surface area contributed by atoms with Crippen molar-refractivity contribution in [3.8, 4) is 0 Å². The summed E-state index contributed by atoms with van der Waals surface area (Å²) in [5, 5.41) is 2.48. The molecular weight excluding hydrogens is 262 g/mol. The average Bonchev–Trinajstić information content (AvgIpc) is 2.85. The Balaban J connectivity index is 2.09. The van der Waals surface area contributed by atoms with Crippen LogP contribution < -0.4 is 5.32 Å². The highest BCUT2D eigenvalue weighted by atomic mass is 19.2. The summed E-state index contributed by atoms with van der Waals surface area (Å²) in [6.07, 6.45) is 2.18. The number of halogens is 4. The minimum atomic E-state index is -1.64. The second-order valence-electron chi connectivity index (χ2n) is 4.75. The molecule has 0 aliphatic carbocycles. The lowest BCUT2D eigenvalue weighted by molar-refractivity contribution is 0.326. The SMILES string of the molecule is CC(CN1CCCC1)Nc1c(F)c(F)nc(F)c1F. The number of hydrogen-bond acceptors (Lipinski definition) is 3. The van der Waals surface area contributed by atoms with Crippen LogP contribution in [0.15, 0.2) is 0 Å². The number of nitrogens with zero attached hydrogens (tertiary/aromatic N) is 2. The van der Waals surface area contributed by atoms with Crippen LogP contribution in [0, 0.1) is 23.5 Å². The molecule has 0 radical (unpaired) electrons. The van der Waals surface area contributed by atoms with Crippen LogP contribution in [0.2, 0.25) is 0 Å². The van der Waals surface area contributed by atoms with Crippen LogP contribution in [-0.4, -0.2) is 35.6 Å². The summed E-state index contributed by atoms with van der Waals surface area (Å²) in [6.45, 7) is 4.12. The van der Waals surface area contributed by atoms with Crippen molar-refractivity contribution < 1.29 is 17.6 Å². The first-order valence-corrected chi connectivity index (χ1v) is 6.18. The normalized spacial score (nSPS) is 17.7. The fraction of sp³-hybridized carbons (Fsp3) is 0.583. The molecule has 19 heavy (non-hydrogen) atoms. The molecule has 7 heteroatoms. The molecule has 106 valence electrons. The predicted molar refractivity (Wildman–Crippen MR) is 62.8 cm³/mol. The van der Waals surface area contributed by atoms with Gasteiger partial charge in [-0.15, -0.1) is 0 Å². The lowest BCUT2D eigenvalue weighted by atomic mass is 10.2. The van der Waals surface area contributed by atoms with Crippen LogP contribution >= 0.6 is 0 Å². The van der Waals surface area contributed by atoms with Gasteiger partial charge < -0.3 is 10.2 Å². The van der Waals surface area contributed by atoms with Gasteiger partial charge in [-0.1, -0.05) is 0 Å². The van der Waals surface area contributed by atoms with Crippen molar-refractivity contribution in [1.82, 2.24) is 9.88 Å². The fourth-order valence-electron chi connectivity index (χ4n) is 2.26. The molecule has 0 amide bonds. The van der Waals surface area contributed by atoms with Gasteiger partial charge in [0.05, 0.1) is 0 Å². The smallest absolute Gasteiger partial charge is 0.253 e. The van der Waals surface area contributed by atoms with E-state index in [9.17, 15) is 17.6 Å². The lowest BCUT2D eigenvalue weighted by Crippen LogP contribution is -2.33. The lowest BCUT2D eigenvalue weighted by Gasteiger charge is -2.22. The van der Waals surface area contributed by atoms with Gasteiger partial charge in [-0.2, -0.15) is 22.5 Å². The molecule has 0 saturated carbocycles. The predicted octanol–water partition coefficient (Wildman–Crippen LogP) is 2.53. The van der Waals surface area contributed by atoms with Gasteiger partial charge in [-0.05, 0) is 32.9 Å². The number of pyridine rings is 1. The quantitative estimate of drug-likeness (QED) is 0.677. The zero-order chi connectivity index (χ0) is 14.0. The standard InChI is InChI=1S/C12H15F4N3/c1-7(6-19-4-2-3-5-19)17-10-8(13)11(15)18-12(16)9(10)14/h7H,2-6H2,1H3,(H,17,18). The molecule has 1 unspecified atom stereocenters. The van der Waals surface area contributed by atoms with Gasteiger partial charge >= 0.3 is 0 Å². The van der Waals surface area contributed by atoms with Crippen molar-refractivity contribution in [1.29, 1.82) is 0 Å². The molecule has 1 N–H and O–H groups in total. The summed E-state index contributed by atoms with van der Waals surface area (Å²) in [5.41, 5.74) is -0.795. The Morgan fingerprint density at radius 3 is 2.16 bits per heavy atom. The Labute approximate surface area is 108 Å². The van der Waals surface area contributed by atoms with Gasteiger partial charge in [0, 0.05) is 12.6 Å². The number of hydrogen-bond donors (Lipinski definition) is 1. The highest BCUT2D eigenvalue weighted by Gasteiger charge is 2.23. The fourth-order valence-corrected chi connectivity index (χ4v) is 2.26. The maximum Gasteiger partial charge on any atom is 0.253 e. The summed E-state index contributed by atoms with van der Waals surface area (Å²) >= 11 is 0. The summed E-state index contributed by atoms with van der Waals surface area (Å²) in [7, 11) is 0. The number of nitrogens with one attached hydrogen (secondary N) is 1. The molecular formula is C12H15F4N3. The molecule has 1 aliphatic heterocycles. The molecule has 1 aromatic heterocycles. The zero-order valence-electron chi connectivity index (χ0n) is 10.5. The molecule has 1 atom stereocenters. The number of aromatic nitrogens is 1. The van der Waals surface area contributed by atoms with Crippen LogP contribution in [0.3, 0.4) is 0 Å². The molecule has 1 aliphatic rings. The van der Waals surface area contributed by atoms with Gasteiger partial charge in [0.1, 0.15) is 5.69 Å². The largest absolute Gasteiger partial charge is 0.376 e. The van der Waals surface area contributed by atoms with E-state index in [2.05, 4.69) is 15.2 Å². The van der Waals surface area contributed by atoms with Crippen molar-refractivity contribution in [2.75, 3.05) is 25.0 Å². The second kappa shape index (κ2) is 5.73. The summed E-state index contributed by atoms with van der Waals surface area (Å²) in [6, 6.07) is -0.330. The van der Waals surface area contributed by atoms with E-state index in [4.69, 9.17) is 0 Å². The van der Waals surface area contributed by atoms with E-state index in [1.165, 1.54) is 0 Å². The first-order chi connectivity index (χ1) is 8.99. The van der Waals surface area contributed by atoms with Crippen molar-refractivity contribution in [2.45, 2.75) is 25.8 Å². The van der Waals surface area contributed by atoms with E-state index in [1.54, 1.807) is 6.92 Å². The Bertz CT molecular complexity index is 435. The Morgan fingerprint density at radius 1 is 1.11 bits per heavy atom. The van der Waals surface area contributed by atoms with Gasteiger partial charge in [-0.25, -0.2) is 0 Å². The van der Waals surface area contributed by atoms with E-state index in [0.717, 1.165) is 25.9 Å². The maximum atomic E-state index is 13.4. The highest BCUT2D eigenvalue weighted by molar-refractivity contribution is 5.46. The van der Waals surface area contributed by atoms with Crippen LogP contribution in [-0.2, 0) is 0 Å². The van der Waals surface area contributed by atoms with E-state index in [0.29, 0.717) is 6.54 Å². The molecule has 1 saturated heterocycles. The van der Waals surface area contributed by atoms with Gasteiger partial charge in [-0.3, -0.25) is 0 Å². The van der Waals surface area contributed by atoms with Crippen LogP contribution in [0.1, 0.15) is 19.8 Å². The minimum Gasteiger partial charge on any atom is -0.376 e. The Hall–Kier alpha value is -1.37. The Morgan fingerprint density at radius 2 is 1.63 bits per heavy atom. The van der Waals surface area contributed by atoms with Crippen LogP contribution in [0.25, 0.3) is 0 Å². The van der Waals surface area contributed by atoms with E-state index >= 15 is 0 Å². The topological polar surface area (TPSA) is 28.2 Å². The number of rotatable bonds is 4. The monoisotopic (exact) mass is 277 g/mol. The van der Waals surface area contributed by atoms with Crippen molar-refractivity contribution >= 4 is 5.69 Å². The third-order valence-corrected chi connectivity index (χ3v) is 3.12. The van der Waals surface area contributed by atoms with Crippen LogP contribution in [0.4, 0.5) is 23.2 Å². The molecule has 3 nitrogen and oxygen atoms in total. The van der Waals surface area contributed by atoms with Gasteiger partial charge in [0.2, 0.25) is 11.6 Å². The summed E-state index contributed by atoms with van der Waals surface area (Å²) in [4.78, 5) is 4.64. The van der Waals surface area contributed by atoms with Gasteiger partial charge in [0.15, 0.2) is 0 Å². The Kier molecular flexibility index (Phi) is 4.24. The van der Waals surface area contributed by atoms with E-state index < -0.39 is 29.2 Å². The first kappa shape index (κ1) is 14.0. The molecule has 2 heterocycles. The molecule has 2 rings (SSSR count). The minimum absolute atomic E-state index is 0.330. The average molecular weight is 277 g/mol. The zero-order valence-corrected chi connectivity index (χ0v) is 10.5. The number of anilines is 1. The summed E-state index contributed by atoms with van der Waals surface area (Å²) in [5.74, 6) is -6.27. The van der Waals surface area contributed by atoms with Crippen molar-refractivity contribution in [3.05, 3.63) is 23.5 Å². The second-order valence-corrected chi connectivity index (χ2v) is 4.75. The molecule has 0 spiro atoms. The molecule has 1 aromatic rings. The molecule has 1 fully saturated rings. The van der Waals surface area contributed by atoms with E-state index in [1.807, 2.05) is 0 Å². The summed E-state index contributed by atoms with van der Waals surface area (Å²) < 4.78 is 52.7. The van der Waals surface area contributed by atoms with Crippen molar-refractivity contribution in [3.63, 3.8) is 0 Å². The first-order valence-electron chi connectivity index (χ1n) is 6.18. The molecule has 0 bridgehead atoms. The van der Waals surface area contributed by atoms with Gasteiger partial charge in [0.25, 0.3) is 11.9 Å². The maximum absolute atomic E-state index is 13.4. The third kappa shape index (κ3) is 3.15. The highest BCUT2D eigenvalue weighted by Crippen LogP contribution is 2.23. The number of likely N-dealkylation sites (tertiary alicyclic amines) is 1. The third-order valence-electron chi connectivity index (χ3n) is 3.12. The van der Waals surface area contributed by atoms with Crippen molar-refractivity contribution in [2.24, 2.45) is 0 Å². The van der Waals surface area contributed by atoms with E-state index in [-0.39, 0.29) is 6.04 Å². The van der Waals surface area contributed by atoms with Crippen LogP contribution in [0.5, 0.6) is 0 Å².